The van der Waals surface area contributed by atoms with Crippen LogP contribution in [-0.4, -0.2) is 26.3 Å². The van der Waals surface area contributed by atoms with Crippen LogP contribution in [0, 0.1) is 0 Å². The average Bonchev–Trinajstić information content (AvgIpc) is 1.87. The summed E-state index contributed by atoms with van der Waals surface area (Å²) in [6.45, 7) is 0. The first-order chi connectivity index (χ1) is 5.13. The molecule has 0 fully saturated rings. The Bertz CT molecular complexity index is 209. The Kier molecular flexibility index (Phi) is 4.14. The second-order valence-corrected chi connectivity index (χ2v) is 1.39. The van der Waals surface area contributed by atoms with Crippen molar-refractivity contribution in [2.45, 2.75) is 0 Å². The van der Waals surface area contributed by atoms with E-state index < -0.39 is 6.16 Å². The fourth-order valence-electron chi connectivity index (χ4n) is 0.311. The van der Waals surface area contributed by atoms with Gasteiger partial charge < -0.3 is 15.9 Å². The number of aromatic nitrogens is 2. The van der Waals surface area contributed by atoms with Gasteiger partial charge in [-0.1, -0.05) is 0 Å². The lowest BCUT2D eigenvalue weighted by Crippen LogP contribution is -1.90. The zero-order valence-corrected chi connectivity index (χ0v) is 5.51. The molecule has 0 radical (unpaired) electrons. The van der Waals surface area contributed by atoms with Crippen molar-refractivity contribution in [1.29, 1.82) is 0 Å². The van der Waals surface area contributed by atoms with Crippen LogP contribution < -0.4 is 5.73 Å². The van der Waals surface area contributed by atoms with Crippen molar-refractivity contribution in [2.24, 2.45) is 0 Å². The molecule has 0 saturated heterocycles. The molecule has 6 heteroatoms. The first-order valence-electron chi connectivity index (χ1n) is 2.57. The SMILES string of the molecule is Nc1ncccn1.O=C(O)O. The van der Waals surface area contributed by atoms with Gasteiger partial charge in [-0.25, -0.2) is 14.8 Å². The fourth-order valence-corrected chi connectivity index (χ4v) is 0.311. The highest BCUT2D eigenvalue weighted by atomic mass is 16.6. The van der Waals surface area contributed by atoms with Gasteiger partial charge in [-0.3, -0.25) is 0 Å². The van der Waals surface area contributed by atoms with Gasteiger partial charge in [-0.15, -0.1) is 0 Å². The molecule has 0 aliphatic carbocycles. The van der Waals surface area contributed by atoms with Crippen molar-refractivity contribution in [3.8, 4) is 0 Å². The van der Waals surface area contributed by atoms with E-state index in [9.17, 15) is 0 Å². The number of hydrogen-bond acceptors (Lipinski definition) is 4. The molecular weight excluding hydrogens is 150 g/mol. The van der Waals surface area contributed by atoms with Gasteiger partial charge >= 0.3 is 6.16 Å². The third kappa shape index (κ3) is 8.15. The standard InChI is InChI=1S/C4H5N3.CH2O3/c5-4-6-2-1-3-7-4;2-1(3)4/h1-3H,(H2,5,6,7);(H2,2,3,4). The molecule has 0 aliphatic rings. The van der Waals surface area contributed by atoms with E-state index in [2.05, 4.69) is 9.97 Å². The van der Waals surface area contributed by atoms with Gasteiger partial charge in [0, 0.05) is 12.4 Å². The van der Waals surface area contributed by atoms with Gasteiger partial charge in [0.25, 0.3) is 0 Å². The molecule has 4 N–H and O–H groups in total. The number of hydrogen-bond donors (Lipinski definition) is 3. The topological polar surface area (TPSA) is 109 Å². The molecule has 11 heavy (non-hydrogen) atoms. The highest BCUT2D eigenvalue weighted by Crippen LogP contribution is 1.81. The molecule has 60 valence electrons. The third-order valence-corrected chi connectivity index (χ3v) is 0.586. The fraction of sp³-hybridized carbons (Fsp3) is 0. The molecule has 0 atom stereocenters. The number of nitrogens with zero attached hydrogens (tertiary/aromatic N) is 2. The maximum Gasteiger partial charge on any atom is 0.503 e. The number of nitrogen functional groups attached to an aromatic ring is 1. The van der Waals surface area contributed by atoms with Gasteiger partial charge in [0.05, 0.1) is 0 Å². The number of rotatable bonds is 0. The number of nitrogens with two attached hydrogens (primary N) is 1. The van der Waals surface area contributed by atoms with Gasteiger partial charge in [0.1, 0.15) is 0 Å². The summed E-state index contributed by atoms with van der Waals surface area (Å²) in [4.78, 5) is 15.8. The van der Waals surface area contributed by atoms with Gasteiger partial charge in [0.15, 0.2) is 0 Å². The van der Waals surface area contributed by atoms with Crippen LogP contribution in [0.1, 0.15) is 0 Å². The predicted octanol–water partition coefficient (Wildman–Crippen LogP) is 0.281. The number of carbonyl (C=O) groups is 1. The van der Waals surface area contributed by atoms with Crippen LogP contribution in [0.2, 0.25) is 0 Å². The van der Waals surface area contributed by atoms with Crippen LogP contribution in [0.4, 0.5) is 10.7 Å². The molecular formula is C5H7N3O3. The zero-order chi connectivity index (χ0) is 8.69. The minimum atomic E-state index is -1.83. The first-order valence-corrected chi connectivity index (χ1v) is 2.57. The van der Waals surface area contributed by atoms with Gasteiger partial charge in [-0.05, 0) is 6.07 Å². The summed E-state index contributed by atoms with van der Waals surface area (Å²) >= 11 is 0. The van der Waals surface area contributed by atoms with Crippen molar-refractivity contribution in [3.05, 3.63) is 18.5 Å². The molecule has 1 aromatic rings. The molecule has 0 aromatic carbocycles. The van der Waals surface area contributed by atoms with Crippen LogP contribution in [0.15, 0.2) is 18.5 Å². The van der Waals surface area contributed by atoms with E-state index in [1.807, 2.05) is 0 Å². The van der Waals surface area contributed by atoms with E-state index in [0.29, 0.717) is 5.95 Å². The van der Waals surface area contributed by atoms with E-state index in [0.717, 1.165) is 0 Å². The molecule has 0 spiro atoms. The van der Waals surface area contributed by atoms with E-state index in [1.54, 1.807) is 18.5 Å². The van der Waals surface area contributed by atoms with Crippen molar-refractivity contribution < 1.29 is 15.0 Å². The summed E-state index contributed by atoms with van der Waals surface area (Å²) in [7, 11) is 0. The zero-order valence-electron chi connectivity index (χ0n) is 5.51. The number of anilines is 1. The lowest BCUT2D eigenvalue weighted by molar-refractivity contribution is 0.137. The highest BCUT2D eigenvalue weighted by molar-refractivity contribution is 5.53. The summed E-state index contributed by atoms with van der Waals surface area (Å²) in [5.41, 5.74) is 5.14. The summed E-state index contributed by atoms with van der Waals surface area (Å²) in [5.74, 6) is 0.322. The molecule has 0 amide bonds. The highest BCUT2D eigenvalue weighted by Gasteiger charge is 1.75. The molecule has 0 saturated carbocycles. The molecule has 6 nitrogen and oxygen atoms in total. The lowest BCUT2D eigenvalue weighted by atomic mass is 10.7. The van der Waals surface area contributed by atoms with E-state index >= 15 is 0 Å². The first kappa shape index (κ1) is 9.15. The Morgan fingerprint density at radius 1 is 1.36 bits per heavy atom. The van der Waals surface area contributed by atoms with E-state index in [4.69, 9.17) is 20.7 Å². The molecule has 0 bridgehead atoms. The smallest absolute Gasteiger partial charge is 0.450 e. The molecule has 1 heterocycles. The summed E-state index contributed by atoms with van der Waals surface area (Å²) < 4.78 is 0. The molecule has 0 unspecified atom stereocenters. The normalized spacial score (nSPS) is 7.64. The summed E-state index contributed by atoms with van der Waals surface area (Å²) in [6.07, 6.45) is 1.37. The van der Waals surface area contributed by atoms with E-state index in [-0.39, 0.29) is 0 Å². The minimum absolute atomic E-state index is 0.322. The third-order valence-electron chi connectivity index (χ3n) is 0.586. The van der Waals surface area contributed by atoms with E-state index in [1.165, 1.54) is 0 Å². The largest absolute Gasteiger partial charge is 0.503 e. The van der Waals surface area contributed by atoms with Crippen molar-refractivity contribution in [2.75, 3.05) is 5.73 Å². The van der Waals surface area contributed by atoms with Gasteiger partial charge in [-0.2, -0.15) is 0 Å². The molecule has 1 aromatic heterocycles. The van der Waals surface area contributed by atoms with Crippen LogP contribution in [0.25, 0.3) is 0 Å². The Morgan fingerprint density at radius 3 is 1.91 bits per heavy atom. The van der Waals surface area contributed by atoms with Crippen LogP contribution in [0.5, 0.6) is 0 Å². The second-order valence-electron chi connectivity index (χ2n) is 1.39. The van der Waals surface area contributed by atoms with Crippen molar-refractivity contribution >= 4 is 12.1 Å². The summed E-state index contributed by atoms with van der Waals surface area (Å²) in [5, 5.41) is 13.9. The Hall–Kier alpha value is -1.85. The summed E-state index contributed by atoms with van der Waals surface area (Å²) in [6, 6.07) is 1.72. The molecule has 1 rings (SSSR count). The van der Waals surface area contributed by atoms with Crippen molar-refractivity contribution in [3.63, 3.8) is 0 Å². The van der Waals surface area contributed by atoms with Crippen molar-refractivity contribution in [1.82, 2.24) is 9.97 Å². The quantitative estimate of drug-likeness (QED) is 0.499. The number of carboxylic acid groups (broad SMARTS) is 2. The second kappa shape index (κ2) is 4.98. The maximum absolute atomic E-state index is 8.56. The lowest BCUT2D eigenvalue weighted by Gasteiger charge is -1.82. The Labute approximate surface area is 62.3 Å². The monoisotopic (exact) mass is 157 g/mol. The van der Waals surface area contributed by atoms with Crippen LogP contribution in [-0.2, 0) is 0 Å². The van der Waals surface area contributed by atoms with Gasteiger partial charge in [0.2, 0.25) is 5.95 Å². The predicted molar refractivity (Wildman–Crippen MR) is 37.1 cm³/mol. The maximum atomic E-state index is 8.56. The van der Waals surface area contributed by atoms with Crippen LogP contribution >= 0.6 is 0 Å². The van der Waals surface area contributed by atoms with Crippen LogP contribution in [0.3, 0.4) is 0 Å². The Balaban J connectivity index is 0.000000218. The average molecular weight is 157 g/mol. The molecule has 0 aliphatic heterocycles. The Morgan fingerprint density at radius 2 is 1.73 bits per heavy atom. The minimum Gasteiger partial charge on any atom is -0.450 e.